The molecule has 0 saturated carbocycles. The van der Waals surface area contributed by atoms with E-state index in [0.717, 1.165) is 0 Å². The van der Waals surface area contributed by atoms with Crippen LogP contribution < -0.4 is 21.3 Å². The molecule has 0 bridgehead atoms. The summed E-state index contributed by atoms with van der Waals surface area (Å²) in [5.41, 5.74) is -4.19. The fourth-order valence-corrected chi connectivity index (χ4v) is 6.38. The molecule has 1 rings (SSSR count). The summed E-state index contributed by atoms with van der Waals surface area (Å²) in [4.78, 5) is 106. The lowest BCUT2D eigenvalue weighted by atomic mass is 10.0. The van der Waals surface area contributed by atoms with Crippen molar-refractivity contribution in [3.63, 3.8) is 0 Å². The molecule has 320 valence electrons. The molecule has 1 saturated heterocycles. The molecule has 1 fully saturated rings. The SMILES string of the molecule is CC(C)(CC(=O)O)NC(=O)CN1CCN(CC(=O)NC(C)(C)CC(=O)O)CCN(CC(=O)NC(C)(C)CC(=O)O)CCN(CC(=O)NC(C)(C)CC(=O)O)CC1. The first-order chi connectivity index (χ1) is 25.6. The van der Waals surface area contributed by atoms with Crippen LogP contribution in [0, 0.1) is 0 Å². The number of amides is 4. The fraction of sp³-hybridized carbons (Fsp3) is 0.778. The molecular weight excluding hydrogens is 736 g/mol. The van der Waals surface area contributed by atoms with E-state index in [1.54, 1.807) is 55.4 Å². The molecule has 20 nitrogen and oxygen atoms in total. The predicted molar refractivity (Wildman–Crippen MR) is 204 cm³/mol. The maximum Gasteiger partial charge on any atom is 0.305 e. The first-order valence-corrected chi connectivity index (χ1v) is 18.6. The van der Waals surface area contributed by atoms with Crippen LogP contribution in [0.15, 0.2) is 0 Å². The highest BCUT2D eigenvalue weighted by Gasteiger charge is 2.30. The van der Waals surface area contributed by atoms with Gasteiger partial charge in [-0.1, -0.05) is 0 Å². The summed E-state index contributed by atoms with van der Waals surface area (Å²) < 4.78 is 0. The van der Waals surface area contributed by atoms with Crippen LogP contribution in [0.4, 0.5) is 0 Å². The molecule has 0 aromatic rings. The third kappa shape index (κ3) is 22.9. The Morgan fingerprint density at radius 2 is 0.500 bits per heavy atom. The lowest BCUT2D eigenvalue weighted by Crippen LogP contribution is -2.55. The first kappa shape index (κ1) is 49.6. The molecule has 1 heterocycles. The van der Waals surface area contributed by atoms with Crippen molar-refractivity contribution >= 4 is 47.5 Å². The summed E-state index contributed by atoms with van der Waals surface area (Å²) in [7, 11) is 0. The van der Waals surface area contributed by atoms with Gasteiger partial charge in [0.25, 0.3) is 0 Å². The van der Waals surface area contributed by atoms with Crippen LogP contribution in [0.5, 0.6) is 0 Å². The van der Waals surface area contributed by atoms with Crippen LogP contribution in [-0.2, 0) is 38.4 Å². The number of hydrogen-bond donors (Lipinski definition) is 8. The molecule has 0 aromatic carbocycles. The van der Waals surface area contributed by atoms with E-state index in [1.807, 2.05) is 19.6 Å². The monoisotopic (exact) mass is 800 g/mol. The molecule has 0 radical (unpaired) electrons. The van der Waals surface area contributed by atoms with Gasteiger partial charge in [0, 0.05) is 74.5 Å². The largest absolute Gasteiger partial charge is 0.481 e. The quantitative estimate of drug-likeness (QED) is 0.0710. The normalized spacial score (nSPS) is 16.4. The van der Waals surface area contributed by atoms with Crippen LogP contribution in [0.1, 0.15) is 81.1 Å². The van der Waals surface area contributed by atoms with Gasteiger partial charge in [-0.25, -0.2) is 0 Å². The number of hydrogen-bond acceptors (Lipinski definition) is 12. The van der Waals surface area contributed by atoms with Crippen molar-refractivity contribution in [2.45, 2.75) is 103 Å². The smallest absolute Gasteiger partial charge is 0.305 e. The van der Waals surface area contributed by atoms with Crippen LogP contribution in [-0.4, -0.2) is 188 Å². The van der Waals surface area contributed by atoms with E-state index in [0.29, 0.717) is 0 Å². The molecule has 8 N–H and O–H groups in total. The third-order valence-electron chi connectivity index (χ3n) is 8.68. The van der Waals surface area contributed by atoms with Gasteiger partial charge in [-0.3, -0.25) is 58.0 Å². The Morgan fingerprint density at radius 1 is 0.357 bits per heavy atom. The van der Waals surface area contributed by atoms with Crippen LogP contribution in [0.3, 0.4) is 0 Å². The zero-order valence-corrected chi connectivity index (χ0v) is 34.2. The van der Waals surface area contributed by atoms with Gasteiger partial charge in [-0.2, -0.15) is 0 Å². The van der Waals surface area contributed by atoms with E-state index >= 15 is 0 Å². The molecule has 56 heavy (non-hydrogen) atoms. The van der Waals surface area contributed by atoms with E-state index in [-0.39, 0.29) is 104 Å². The van der Waals surface area contributed by atoms with Gasteiger partial charge in [0.15, 0.2) is 0 Å². The maximum absolute atomic E-state index is 13.2. The van der Waals surface area contributed by atoms with E-state index in [4.69, 9.17) is 0 Å². The number of carbonyl (C=O) groups excluding carboxylic acids is 4. The highest BCUT2D eigenvalue weighted by molar-refractivity contribution is 5.82. The number of carboxylic acid groups (broad SMARTS) is 4. The number of rotatable bonds is 20. The average Bonchev–Trinajstić information content (AvgIpc) is 2.94. The van der Waals surface area contributed by atoms with Gasteiger partial charge in [-0.05, 0) is 55.4 Å². The average molecular weight is 801 g/mol. The molecule has 1 aliphatic heterocycles. The number of carboxylic acids is 4. The minimum atomic E-state index is -1.09. The highest BCUT2D eigenvalue weighted by Crippen LogP contribution is 2.12. The van der Waals surface area contributed by atoms with Gasteiger partial charge in [0.05, 0.1) is 51.9 Å². The number of aliphatic carboxylic acids is 4. The van der Waals surface area contributed by atoms with Crippen LogP contribution in [0.2, 0.25) is 0 Å². The molecule has 0 aromatic heterocycles. The summed E-state index contributed by atoms with van der Waals surface area (Å²) in [6.07, 6.45) is -1.25. The van der Waals surface area contributed by atoms with E-state index in [2.05, 4.69) is 21.3 Å². The van der Waals surface area contributed by atoms with Gasteiger partial charge in [0.1, 0.15) is 0 Å². The van der Waals surface area contributed by atoms with Crippen molar-refractivity contribution in [1.29, 1.82) is 0 Å². The second kappa shape index (κ2) is 21.8. The minimum Gasteiger partial charge on any atom is -0.481 e. The maximum atomic E-state index is 13.2. The number of nitrogens with zero attached hydrogens (tertiary/aromatic N) is 4. The summed E-state index contributed by atoms with van der Waals surface area (Å²) in [5, 5.41) is 48.2. The lowest BCUT2D eigenvalue weighted by Gasteiger charge is -2.35. The van der Waals surface area contributed by atoms with Crippen molar-refractivity contribution < 1.29 is 58.8 Å². The highest BCUT2D eigenvalue weighted by atomic mass is 16.4. The Hall–Kier alpha value is -4.40. The summed E-state index contributed by atoms with van der Waals surface area (Å²) >= 11 is 0. The molecule has 1 aliphatic rings. The zero-order valence-electron chi connectivity index (χ0n) is 34.2. The van der Waals surface area contributed by atoms with Crippen molar-refractivity contribution in [3.05, 3.63) is 0 Å². The summed E-state index contributed by atoms with van der Waals surface area (Å²) in [5.74, 6) is -6.10. The van der Waals surface area contributed by atoms with Crippen LogP contribution >= 0.6 is 0 Å². The van der Waals surface area contributed by atoms with Crippen molar-refractivity contribution in [1.82, 2.24) is 40.9 Å². The van der Waals surface area contributed by atoms with Gasteiger partial charge in [0.2, 0.25) is 23.6 Å². The molecule has 0 unspecified atom stereocenters. The van der Waals surface area contributed by atoms with E-state index in [9.17, 15) is 58.8 Å². The van der Waals surface area contributed by atoms with E-state index in [1.165, 1.54) is 0 Å². The van der Waals surface area contributed by atoms with Crippen molar-refractivity contribution in [2.24, 2.45) is 0 Å². The minimum absolute atomic E-state index is 0.140. The zero-order chi connectivity index (χ0) is 43.1. The second-order valence-electron chi connectivity index (χ2n) is 17.1. The number of nitrogens with one attached hydrogen (secondary N) is 4. The molecule has 0 aliphatic carbocycles. The third-order valence-corrected chi connectivity index (χ3v) is 8.68. The topological polar surface area (TPSA) is 279 Å². The Balaban J connectivity index is 3.44. The first-order valence-electron chi connectivity index (χ1n) is 18.6. The Kier molecular flexibility index (Phi) is 19.3. The van der Waals surface area contributed by atoms with Crippen molar-refractivity contribution in [3.8, 4) is 0 Å². The molecule has 0 spiro atoms. The predicted octanol–water partition coefficient (Wildman–Crippen LogP) is -1.31. The van der Waals surface area contributed by atoms with Crippen LogP contribution in [0.25, 0.3) is 0 Å². The Morgan fingerprint density at radius 3 is 0.625 bits per heavy atom. The fourth-order valence-electron chi connectivity index (χ4n) is 6.38. The molecule has 4 amide bonds. The number of carbonyl (C=O) groups is 8. The summed E-state index contributed by atoms with van der Waals surface area (Å²) in [6, 6.07) is 0. The van der Waals surface area contributed by atoms with Gasteiger partial charge in [-0.15, -0.1) is 0 Å². The van der Waals surface area contributed by atoms with Crippen molar-refractivity contribution in [2.75, 3.05) is 78.5 Å². The second-order valence-corrected chi connectivity index (χ2v) is 17.1. The van der Waals surface area contributed by atoms with Gasteiger partial charge >= 0.3 is 23.9 Å². The standard InChI is InChI=1S/C36H64N8O12/c1-33(2,17-29(49)50)37-25(45)21-41-9-11-42(22-26(46)38-34(3,4)18-30(51)52)13-15-44(24-28(48)40-36(7,8)20-32(55)56)16-14-43(12-10-41)23-27(47)39-35(5,6)19-31(53)54/h9-24H2,1-8H3,(H,37,45)(H,38,46)(H,39,47)(H,40,48)(H,49,50)(H,51,52)(H,53,54)(H,55,56). The molecule has 20 heteroatoms. The van der Waals surface area contributed by atoms with Gasteiger partial charge < -0.3 is 41.7 Å². The molecular formula is C36H64N8O12. The Bertz CT molecular complexity index is 1190. The van der Waals surface area contributed by atoms with E-state index < -0.39 is 69.7 Å². The summed E-state index contributed by atoms with van der Waals surface area (Å²) in [6.45, 7) is 14.1. The lowest BCUT2D eigenvalue weighted by molar-refractivity contribution is -0.140. The molecule has 0 atom stereocenters. The Labute approximate surface area is 328 Å².